The second-order valence-electron chi connectivity index (χ2n) is 3.03. The fourth-order valence-corrected chi connectivity index (χ4v) is 1.06. The van der Waals surface area contributed by atoms with Crippen LogP contribution in [0, 0.1) is 6.92 Å². The maximum Gasteiger partial charge on any atom is 0.353 e. The van der Waals surface area contributed by atoms with Crippen molar-refractivity contribution < 1.29 is 9.90 Å². The van der Waals surface area contributed by atoms with Gasteiger partial charge in [-0.3, -0.25) is 0 Å². The van der Waals surface area contributed by atoms with Gasteiger partial charge in [0.25, 0.3) is 0 Å². The summed E-state index contributed by atoms with van der Waals surface area (Å²) in [6, 6.07) is 0. The molecule has 2 aromatic heterocycles. The molecule has 0 amide bonds. The fourth-order valence-electron chi connectivity index (χ4n) is 1.06. The van der Waals surface area contributed by atoms with Gasteiger partial charge in [-0.25, -0.2) is 19.7 Å². The maximum absolute atomic E-state index is 10.6. The van der Waals surface area contributed by atoms with Crippen LogP contribution < -0.4 is 0 Å². The summed E-state index contributed by atoms with van der Waals surface area (Å²) in [4.78, 5) is 25.1. The molecule has 0 aromatic carbocycles. The molecule has 0 spiro atoms. The van der Waals surface area contributed by atoms with Crippen LogP contribution in [0.1, 0.15) is 16.1 Å². The lowest BCUT2D eigenvalue weighted by molar-refractivity contribution is 0.0691. The molecule has 15 heavy (non-hydrogen) atoms. The maximum atomic E-state index is 10.6. The lowest BCUT2D eigenvalue weighted by atomic mass is 10.4. The molecule has 2 N–H and O–H groups in total. The topological polar surface area (TPSA) is 91.8 Å². The molecule has 0 saturated carbocycles. The van der Waals surface area contributed by atoms with Gasteiger partial charge in [0.2, 0.25) is 0 Å². The molecule has 0 unspecified atom stereocenters. The molecule has 2 heterocycles. The lowest BCUT2D eigenvalue weighted by Gasteiger charge is -1.94. The average molecular weight is 204 g/mol. The van der Waals surface area contributed by atoms with Crippen molar-refractivity contribution in [3.8, 4) is 11.6 Å². The van der Waals surface area contributed by atoms with Gasteiger partial charge < -0.3 is 10.1 Å². The average Bonchev–Trinajstić information content (AvgIpc) is 2.68. The Morgan fingerprint density at radius 2 is 1.93 bits per heavy atom. The highest BCUT2D eigenvalue weighted by Gasteiger charge is 2.10. The smallest absolute Gasteiger partial charge is 0.353 e. The first-order chi connectivity index (χ1) is 7.16. The third-order valence-electron chi connectivity index (χ3n) is 1.80. The molecule has 0 aliphatic rings. The van der Waals surface area contributed by atoms with E-state index in [9.17, 15) is 4.79 Å². The standard InChI is InChI=1S/C9H8N4O2/c1-5-2-10-7(11-3-5)8-12-4-6(13-8)9(14)15/h2-4H,1H3,(H,12,13)(H,14,15). The van der Waals surface area contributed by atoms with Gasteiger partial charge in [0.05, 0.1) is 6.20 Å². The normalized spacial score (nSPS) is 10.2. The first-order valence-electron chi connectivity index (χ1n) is 4.24. The summed E-state index contributed by atoms with van der Waals surface area (Å²) in [7, 11) is 0. The van der Waals surface area contributed by atoms with E-state index >= 15 is 0 Å². The van der Waals surface area contributed by atoms with Gasteiger partial charge in [-0.15, -0.1) is 0 Å². The Morgan fingerprint density at radius 1 is 1.27 bits per heavy atom. The quantitative estimate of drug-likeness (QED) is 0.757. The Kier molecular flexibility index (Phi) is 2.17. The Morgan fingerprint density at radius 3 is 2.47 bits per heavy atom. The molecular formula is C9H8N4O2. The van der Waals surface area contributed by atoms with E-state index < -0.39 is 5.97 Å². The molecule has 0 aliphatic carbocycles. The predicted octanol–water partition coefficient (Wildman–Crippen LogP) is 0.873. The third-order valence-corrected chi connectivity index (χ3v) is 1.80. The monoisotopic (exact) mass is 204 g/mol. The Labute approximate surface area is 85.0 Å². The molecule has 2 aromatic rings. The highest BCUT2D eigenvalue weighted by Crippen LogP contribution is 2.09. The molecular weight excluding hydrogens is 196 g/mol. The number of nitrogens with zero attached hydrogens (tertiary/aromatic N) is 3. The number of hydrogen-bond donors (Lipinski definition) is 2. The van der Waals surface area contributed by atoms with Crippen molar-refractivity contribution in [2.24, 2.45) is 0 Å². The molecule has 2 rings (SSSR count). The van der Waals surface area contributed by atoms with Gasteiger partial charge in [-0.05, 0) is 12.5 Å². The summed E-state index contributed by atoms with van der Waals surface area (Å²) in [6.45, 7) is 1.87. The van der Waals surface area contributed by atoms with Crippen LogP contribution in [0.15, 0.2) is 18.6 Å². The number of imidazole rings is 1. The number of hydrogen-bond acceptors (Lipinski definition) is 4. The summed E-state index contributed by atoms with van der Waals surface area (Å²) >= 11 is 0. The first kappa shape index (κ1) is 9.32. The van der Waals surface area contributed by atoms with Crippen molar-refractivity contribution in [1.29, 1.82) is 0 Å². The Balaban J connectivity index is 2.37. The minimum atomic E-state index is -1.05. The van der Waals surface area contributed by atoms with Crippen LogP contribution in [0.3, 0.4) is 0 Å². The molecule has 0 aliphatic heterocycles. The summed E-state index contributed by atoms with van der Waals surface area (Å²) < 4.78 is 0. The van der Waals surface area contributed by atoms with Gasteiger partial charge in [-0.1, -0.05) is 0 Å². The molecule has 6 nitrogen and oxygen atoms in total. The number of nitrogens with one attached hydrogen (secondary N) is 1. The van der Waals surface area contributed by atoms with Crippen molar-refractivity contribution in [1.82, 2.24) is 19.9 Å². The van der Waals surface area contributed by atoms with E-state index in [4.69, 9.17) is 5.11 Å². The Bertz CT molecular complexity index is 489. The van der Waals surface area contributed by atoms with E-state index in [0.29, 0.717) is 11.6 Å². The van der Waals surface area contributed by atoms with Crippen LogP contribution in [-0.2, 0) is 0 Å². The SMILES string of the molecule is Cc1cnc(-c2ncc(C(=O)O)[nH]2)nc1. The van der Waals surface area contributed by atoms with Crippen molar-refractivity contribution in [2.75, 3.05) is 0 Å². The van der Waals surface area contributed by atoms with Gasteiger partial charge in [0.1, 0.15) is 5.69 Å². The molecule has 0 fully saturated rings. The minimum Gasteiger partial charge on any atom is -0.477 e. The second kappa shape index (κ2) is 3.49. The van der Waals surface area contributed by atoms with Crippen molar-refractivity contribution >= 4 is 5.97 Å². The first-order valence-corrected chi connectivity index (χ1v) is 4.24. The number of carbonyl (C=O) groups is 1. The van der Waals surface area contributed by atoms with Crippen LogP contribution in [0.4, 0.5) is 0 Å². The molecule has 6 heteroatoms. The van der Waals surface area contributed by atoms with E-state index in [1.54, 1.807) is 12.4 Å². The van der Waals surface area contributed by atoms with Gasteiger partial charge in [-0.2, -0.15) is 0 Å². The van der Waals surface area contributed by atoms with Crippen LogP contribution in [-0.4, -0.2) is 31.0 Å². The van der Waals surface area contributed by atoms with Crippen LogP contribution in [0.2, 0.25) is 0 Å². The van der Waals surface area contributed by atoms with Gasteiger partial charge in [0.15, 0.2) is 11.6 Å². The van der Waals surface area contributed by atoms with E-state index in [1.807, 2.05) is 6.92 Å². The minimum absolute atomic E-state index is 0.0224. The van der Waals surface area contributed by atoms with Crippen LogP contribution >= 0.6 is 0 Å². The van der Waals surface area contributed by atoms with E-state index in [2.05, 4.69) is 19.9 Å². The van der Waals surface area contributed by atoms with Gasteiger partial charge in [0, 0.05) is 12.4 Å². The highest BCUT2D eigenvalue weighted by molar-refractivity contribution is 5.85. The van der Waals surface area contributed by atoms with E-state index in [-0.39, 0.29) is 5.69 Å². The van der Waals surface area contributed by atoms with Crippen LogP contribution in [0.25, 0.3) is 11.6 Å². The van der Waals surface area contributed by atoms with Crippen molar-refractivity contribution in [3.63, 3.8) is 0 Å². The highest BCUT2D eigenvalue weighted by atomic mass is 16.4. The number of carboxylic acids is 1. The summed E-state index contributed by atoms with van der Waals surface area (Å²) in [5.41, 5.74) is 0.956. The number of aromatic nitrogens is 4. The summed E-state index contributed by atoms with van der Waals surface area (Å²) in [5.74, 6) is -0.318. The number of aryl methyl sites for hydroxylation is 1. The molecule has 0 atom stereocenters. The molecule has 0 saturated heterocycles. The fraction of sp³-hybridized carbons (Fsp3) is 0.111. The number of H-pyrrole nitrogens is 1. The number of aromatic amines is 1. The molecule has 0 bridgehead atoms. The summed E-state index contributed by atoms with van der Waals surface area (Å²) in [5, 5.41) is 8.68. The number of rotatable bonds is 2. The van der Waals surface area contributed by atoms with Gasteiger partial charge >= 0.3 is 5.97 Å². The van der Waals surface area contributed by atoms with E-state index in [0.717, 1.165) is 5.56 Å². The van der Waals surface area contributed by atoms with Crippen molar-refractivity contribution in [2.45, 2.75) is 6.92 Å². The number of aromatic carboxylic acids is 1. The second-order valence-corrected chi connectivity index (χ2v) is 3.03. The largest absolute Gasteiger partial charge is 0.477 e. The predicted molar refractivity (Wildman–Crippen MR) is 51.3 cm³/mol. The van der Waals surface area contributed by atoms with E-state index in [1.165, 1.54) is 6.20 Å². The zero-order chi connectivity index (χ0) is 10.8. The third kappa shape index (κ3) is 1.83. The zero-order valence-electron chi connectivity index (χ0n) is 7.93. The molecule has 76 valence electrons. The molecule has 0 radical (unpaired) electrons. The number of carboxylic acid groups (broad SMARTS) is 1. The summed E-state index contributed by atoms with van der Waals surface area (Å²) in [6.07, 6.45) is 4.53. The zero-order valence-corrected chi connectivity index (χ0v) is 7.93. The van der Waals surface area contributed by atoms with Crippen molar-refractivity contribution in [3.05, 3.63) is 29.8 Å². The van der Waals surface area contributed by atoms with Crippen LogP contribution in [0.5, 0.6) is 0 Å². The Hall–Kier alpha value is -2.24. The lowest BCUT2D eigenvalue weighted by Crippen LogP contribution is -1.96.